The Morgan fingerprint density at radius 3 is 2.80 bits per heavy atom. The molecule has 0 aliphatic rings. The number of nitrogen functional groups attached to an aromatic ring is 1. The van der Waals surface area contributed by atoms with E-state index in [1.165, 1.54) is 0 Å². The molecule has 0 saturated heterocycles. The van der Waals surface area contributed by atoms with Gasteiger partial charge in [-0.15, -0.1) is 0 Å². The molecule has 0 radical (unpaired) electrons. The number of anilines is 1. The lowest BCUT2D eigenvalue weighted by Crippen LogP contribution is -2.26. The fraction of sp³-hybridized carbons (Fsp3) is 0.200. The molecule has 1 aromatic carbocycles. The molecule has 104 valence electrons. The van der Waals surface area contributed by atoms with Crippen molar-refractivity contribution in [1.29, 1.82) is 0 Å². The molecule has 0 spiro atoms. The Hall–Kier alpha value is -2.56. The van der Waals surface area contributed by atoms with Crippen molar-refractivity contribution in [2.24, 2.45) is 0 Å². The summed E-state index contributed by atoms with van der Waals surface area (Å²) in [5, 5.41) is 0. The maximum Gasteiger partial charge on any atom is 0.253 e. The number of pyridine rings is 1. The van der Waals surface area contributed by atoms with Gasteiger partial charge >= 0.3 is 0 Å². The van der Waals surface area contributed by atoms with Crippen LogP contribution in [0.1, 0.15) is 15.9 Å². The van der Waals surface area contributed by atoms with E-state index in [1.807, 2.05) is 12.1 Å². The summed E-state index contributed by atoms with van der Waals surface area (Å²) in [5.74, 6) is 0.472. The number of hydrogen-bond donors (Lipinski definition) is 1. The second kappa shape index (κ2) is 6.06. The van der Waals surface area contributed by atoms with Crippen molar-refractivity contribution >= 4 is 11.6 Å². The fourth-order valence-electron chi connectivity index (χ4n) is 1.93. The Labute approximate surface area is 118 Å². The highest BCUT2D eigenvalue weighted by Gasteiger charge is 2.13. The third-order valence-electron chi connectivity index (χ3n) is 2.97. The standard InChI is InChI=1S/C15H17N3O2/c1-18(10-11-4-3-7-17-9-11)15(19)12-5-6-14(20-2)13(16)8-12/h3-9H,10,16H2,1-2H3. The van der Waals surface area contributed by atoms with E-state index in [0.29, 0.717) is 23.5 Å². The van der Waals surface area contributed by atoms with Crippen LogP contribution in [0.3, 0.4) is 0 Å². The van der Waals surface area contributed by atoms with Gasteiger partial charge in [-0.2, -0.15) is 0 Å². The zero-order chi connectivity index (χ0) is 14.5. The molecule has 2 rings (SSSR count). The lowest BCUT2D eigenvalue weighted by atomic mass is 10.1. The zero-order valence-electron chi connectivity index (χ0n) is 11.5. The Kier molecular flexibility index (Phi) is 4.20. The second-order valence-electron chi connectivity index (χ2n) is 4.48. The minimum absolute atomic E-state index is 0.0943. The Morgan fingerprint density at radius 1 is 1.40 bits per heavy atom. The first kappa shape index (κ1) is 13.9. The summed E-state index contributed by atoms with van der Waals surface area (Å²) in [4.78, 5) is 18.0. The van der Waals surface area contributed by atoms with Gasteiger partial charge in [0, 0.05) is 31.5 Å². The smallest absolute Gasteiger partial charge is 0.253 e. The van der Waals surface area contributed by atoms with Gasteiger partial charge in [-0.05, 0) is 29.8 Å². The Balaban J connectivity index is 2.12. The maximum atomic E-state index is 12.3. The highest BCUT2D eigenvalue weighted by Crippen LogP contribution is 2.22. The van der Waals surface area contributed by atoms with E-state index in [-0.39, 0.29) is 5.91 Å². The van der Waals surface area contributed by atoms with Gasteiger partial charge in [-0.1, -0.05) is 6.07 Å². The number of rotatable bonds is 4. The number of carbonyl (C=O) groups is 1. The topological polar surface area (TPSA) is 68.5 Å². The van der Waals surface area contributed by atoms with Gasteiger partial charge in [0.15, 0.2) is 0 Å². The van der Waals surface area contributed by atoms with Crippen molar-refractivity contribution in [2.75, 3.05) is 19.9 Å². The molecule has 1 aromatic heterocycles. The van der Waals surface area contributed by atoms with Crippen LogP contribution in [-0.2, 0) is 6.54 Å². The number of ether oxygens (including phenoxy) is 1. The molecule has 0 aliphatic carbocycles. The summed E-state index contributed by atoms with van der Waals surface area (Å²) in [5.41, 5.74) is 7.78. The van der Waals surface area contributed by atoms with Gasteiger partial charge in [0.2, 0.25) is 0 Å². The number of nitrogens with two attached hydrogens (primary N) is 1. The van der Waals surface area contributed by atoms with E-state index < -0.39 is 0 Å². The third kappa shape index (κ3) is 3.06. The molecule has 1 heterocycles. The Bertz CT molecular complexity index is 599. The van der Waals surface area contributed by atoms with Gasteiger partial charge in [-0.25, -0.2) is 0 Å². The van der Waals surface area contributed by atoms with E-state index >= 15 is 0 Å². The van der Waals surface area contributed by atoms with Crippen LogP contribution in [-0.4, -0.2) is 29.9 Å². The molecule has 2 aromatic rings. The third-order valence-corrected chi connectivity index (χ3v) is 2.97. The first-order valence-corrected chi connectivity index (χ1v) is 6.19. The van der Waals surface area contributed by atoms with Gasteiger partial charge in [-0.3, -0.25) is 9.78 Å². The normalized spacial score (nSPS) is 10.1. The SMILES string of the molecule is COc1ccc(C(=O)N(C)Cc2cccnc2)cc1N. The molecule has 0 atom stereocenters. The number of aromatic nitrogens is 1. The predicted molar refractivity (Wildman–Crippen MR) is 77.4 cm³/mol. The van der Waals surface area contributed by atoms with Crippen molar-refractivity contribution in [3.05, 3.63) is 53.9 Å². The Morgan fingerprint density at radius 2 is 2.20 bits per heavy atom. The average Bonchev–Trinajstić information content (AvgIpc) is 2.47. The number of nitrogens with zero attached hydrogens (tertiary/aromatic N) is 2. The van der Waals surface area contributed by atoms with Crippen LogP contribution in [0.25, 0.3) is 0 Å². The number of carbonyl (C=O) groups excluding carboxylic acids is 1. The van der Waals surface area contributed by atoms with Gasteiger partial charge < -0.3 is 15.4 Å². The van der Waals surface area contributed by atoms with Crippen molar-refractivity contribution in [3.63, 3.8) is 0 Å². The van der Waals surface area contributed by atoms with Crippen LogP contribution in [0.15, 0.2) is 42.7 Å². The molecule has 0 aliphatic heterocycles. The highest BCUT2D eigenvalue weighted by atomic mass is 16.5. The monoisotopic (exact) mass is 271 g/mol. The second-order valence-corrected chi connectivity index (χ2v) is 4.48. The number of methoxy groups -OCH3 is 1. The van der Waals surface area contributed by atoms with Gasteiger partial charge in [0.25, 0.3) is 5.91 Å². The van der Waals surface area contributed by atoms with E-state index in [4.69, 9.17) is 10.5 Å². The van der Waals surface area contributed by atoms with Crippen molar-refractivity contribution in [1.82, 2.24) is 9.88 Å². The number of hydrogen-bond acceptors (Lipinski definition) is 4. The molecule has 0 bridgehead atoms. The van der Waals surface area contributed by atoms with Crippen molar-refractivity contribution in [2.45, 2.75) is 6.54 Å². The summed E-state index contributed by atoms with van der Waals surface area (Å²) in [7, 11) is 3.29. The molecule has 5 nitrogen and oxygen atoms in total. The highest BCUT2D eigenvalue weighted by molar-refractivity contribution is 5.95. The predicted octanol–water partition coefficient (Wildman–Crippen LogP) is 1.94. The largest absolute Gasteiger partial charge is 0.495 e. The number of benzene rings is 1. The molecule has 5 heteroatoms. The van der Waals surface area contributed by atoms with Crippen LogP contribution >= 0.6 is 0 Å². The van der Waals surface area contributed by atoms with Crippen molar-refractivity contribution < 1.29 is 9.53 Å². The quantitative estimate of drug-likeness (QED) is 0.863. The van der Waals surface area contributed by atoms with Crippen LogP contribution in [0.4, 0.5) is 5.69 Å². The molecule has 0 unspecified atom stereocenters. The summed E-state index contributed by atoms with van der Waals surface area (Å²) in [6.45, 7) is 0.499. The van der Waals surface area contributed by atoms with E-state index in [2.05, 4.69) is 4.98 Å². The minimum Gasteiger partial charge on any atom is -0.495 e. The van der Waals surface area contributed by atoms with E-state index in [0.717, 1.165) is 5.56 Å². The van der Waals surface area contributed by atoms with E-state index in [9.17, 15) is 4.79 Å². The zero-order valence-corrected chi connectivity index (χ0v) is 11.5. The molecular weight excluding hydrogens is 254 g/mol. The fourth-order valence-corrected chi connectivity index (χ4v) is 1.93. The van der Waals surface area contributed by atoms with Gasteiger partial charge in [0.1, 0.15) is 5.75 Å². The molecule has 2 N–H and O–H groups in total. The van der Waals surface area contributed by atoms with Crippen LogP contribution in [0.2, 0.25) is 0 Å². The molecule has 1 amide bonds. The number of amides is 1. The molecule has 20 heavy (non-hydrogen) atoms. The summed E-state index contributed by atoms with van der Waals surface area (Å²) in [6.07, 6.45) is 3.45. The first-order chi connectivity index (χ1) is 9.61. The van der Waals surface area contributed by atoms with Crippen LogP contribution in [0, 0.1) is 0 Å². The van der Waals surface area contributed by atoms with E-state index in [1.54, 1.807) is 49.7 Å². The van der Waals surface area contributed by atoms with Gasteiger partial charge in [0.05, 0.1) is 12.8 Å². The summed E-state index contributed by atoms with van der Waals surface area (Å²) >= 11 is 0. The molecule has 0 fully saturated rings. The average molecular weight is 271 g/mol. The first-order valence-electron chi connectivity index (χ1n) is 6.19. The maximum absolute atomic E-state index is 12.3. The van der Waals surface area contributed by atoms with Crippen LogP contribution in [0.5, 0.6) is 5.75 Å². The lowest BCUT2D eigenvalue weighted by Gasteiger charge is -2.17. The minimum atomic E-state index is -0.0943. The summed E-state index contributed by atoms with van der Waals surface area (Å²) < 4.78 is 5.08. The van der Waals surface area contributed by atoms with Crippen LogP contribution < -0.4 is 10.5 Å². The molecule has 0 saturated carbocycles. The van der Waals surface area contributed by atoms with Crippen molar-refractivity contribution in [3.8, 4) is 5.75 Å². The lowest BCUT2D eigenvalue weighted by molar-refractivity contribution is 0.0785. The molecular formula is C15H17N3O2. The summed E-state index contributed by atoms with van der Waals surface area (Å²) in [6, 6.07) is 8.80.